The standard InChI is InChI=1S/C14H28N2O2/c1-12(10-17-2)13(9-15)16-6-3-14(11-16)4-7-18-8-5-14/h12-13H,3-11,15H2,1-2H3. The highest BCUT2D eigenvalue weighted by Gasteiger charge is 2.41. The maximum absolute atomic E-state index is 5.98. The Morgan fingerprint density at radius 2 is 2.06 bits per heavy atom. The van der Waals surface area contributed by atoms with Crippen molar-refractivity contribution in [2.75, 3.05) is 46.6 Å². The van der Waals surface area contributed by atoms with Gasteiger partial charge >= 0.3 is 0 Å². The topological polar surface area (TPSA) is 47.7 Å². The minimum Gasteiger partial charge on any atom is -0.384 e. The van der Waals surface area contributed by atoms with Gasteiger partial charge in [0.25, 0.3) is 0 Å². The average Bonchev–Trinajstić information content (AvgIpc) is 2.75. The first-order valence-corrected chi connectivity index (χ1v) is 7.21. The van der Waals surface area contributed by atoms with Crippen LogP contribution in [0.3, 0.4) is 0 Å². The molecule has 4 nitrogen and oxygen atoms in total. The third-order valence-corrected chi connectivity index (χ3v) is 4.82. The predicted octanol–water partition coefficient (Wildman–Crippen LogP) is 1.10. The van der Waals surface area contributed by atoms with Crippen LogP contribution in [0.1, 0.15) is 26.2 Å². The molecule has 1 spiro atoms. The molecule has 4 heteroatoms. The summed E-state index contributed by atoms with van der Waals surface area (Å²) in [5, 5.41) is 0. The van der Waals surface area contributed by atoms with Gasteiger partial charge in [0, 0.05) is 39.5 Å². The summed E-state index contributed by atoms with van der Waals surface area (Å²) >= 11 is 0. The lowest BCUT2D eigenvalue weighted by atomic mass is 9.79. The third-order valence-electron chi connectivity index (χ3n) is 4.82. The lowest BCUT2D eigenvalue weighted by Crippen LogP contribution is -2.46. The number of likely N-dealkylation sites (tertiary alicyclic amines) is 1. The number of rotatable bonds is 5. The largest absolute Gasteiger partial charge is 0.384 e. The van der Waals surface area contributed by atoms with Crippen LogP contribution in [0.5, 0.6) is 0 Å². The summed E-state index contributed by atoms with van der Waals surface area (Å²) < 4.78 is 10.8. The minimum atomic E-state index is 0.465. The summed E-state index contributed by atoms with van der Waals surface area (Å²) in [6, 6.07) is 0.465. The van der Waals surface area contributed by atoms with Gasteiger partial charge in [0.05, 0.1) is 6.61 Å². The molecule has 0 radical (unpaired) electrons. The number of methoxy groups -OCH3 is 1. The molecule has 0 amide bonds. The highest BCUT2D eigenvalue weighted by molar-refractivity contribution is 4.94. The summed E-state index contributed by atoms with van der Waals surface area (Å²) in [7, 11) is 1.77. The van der Waals surface area contributed by atoms with Crippen LogP contribution in [0.25, 0.3) is 0 Å². The molecule has 2 heterocycles. The van der Waals surface area contributed by atoms with E-state index in [-0.39, 0.29) is 0 Å². The van der Waals surface area contributed by atoms with Gasteiger partial charge in [0.1, 0.15) is 0 Å². The van der Waals surface area contributed by atoms with E-state index in [1.165, 1.54) is 32.4 Å². The second kappa shape index (κ2) is 6.33. The molecule has 18 heavy (non-hydrogen) atoms. The predicted molar refractivity (Wildman–Crippen MR) is 72.6 cm³/mol. The molecule has 2 atom stereocenters. The van der Waals surface area contributed by atoms with E-state index in [2.05, 4.69) is 11.8 Å². The molecule has 2 rings (SSSR count). The van der Waals surface area contributed by atoms with Crippen molar-refractivity contribution in [2.24, 2.45) is 17.1 Å². The lowest BCUT2D eigenvalue weighted by molar-refractivity contribution is 0.0136. The number of nitrogens with zero attached hydrogens (tertiary/aromatic N) is 1. The number of hydrogen-bond donors (Lipinski definition) is 1. The minimum absolute atomic E-state index is 0.465. The van der Waals surface area contributed by atoms with E-state index in [9.17, 15) is 0 Å². The van der Waals surface area contributed by atoms with Crippen molar-refractivity contribution in [3.8, 4) is 0 Å². The summed E-state index contributed by atoms with van der Waals surface area (Å²) in [6.07, 6.45) is 3.76. The quantitative estimate of drug-likeness (QED) is 0.800. The first kappa shape index (κ1) is 14.3. The Kier molecular flexibility index (Phi) is 5.01. The molecule has 2 fully saturated rings. The second-order valence-corrected chi connectivity index (χ2v) is 6.07. The van der Waals surface area contributed by atoms with Crippen LogP contribution in [0, 0.1) is 11.3 Å². The molecule has 0 aromatic rings. The first-order chi connectivity index (χ1) is 8.71. The van der Waals surface area contributed by atoms with Crippen molar-refractivity contribution in [2.45, 2.75) is 32.2 Å². The number of ether oxygens (including phenoxy) is 2. The molecule has 2 saturated heterocycles. The van der Waals surface area contributed by atoms with Crippen molar-refractivity contribution >= 4 is 0 Å². The maximum atomic E-state index is 5.98. The molecule has 2 N–H and O–H groups in total. The fraction of sp³-hybridized carbons (Fsp3) is 1.00. The molecule has 2 aliphatic rings. The molecule has 2 unspecified atom stereocenters. The van der Waals surface area contributed by atoms with Gasteiger partial charge in [-0.05, 0) is 37.1 Å². The maximum Gasteiger partial charge on any atom is 0.0503 e. The third kappa shape index (κ3) is 3.05. The Balaban J connectivity index is 1.93. The Morgan fingerprint density at radius 1 is 1.33 bits per heavy atom. The highest BCUT2D eigenvalue weighted by Crippen LogP contribution is 2.40. The van der Waals surface area contributed by atoms with Gasteiger partial charge in [0.2, 0.25) is 0 Å². The molecule has 106 valence electrons. The highest BCUT2D eigenvalue weighted by atomic mass is 16.5. The first-order valence-electron chi connectivity index (χ1n) is 7.21. The van der Waals surface area contributed by atoms with E-state index < -0.39 is 0 Å². The van der Waals surface area contributed by atoms with E-state index in [4.69, 9.17) is 15.2 Å². The van der Waals surface area contributed by atoms with Crippen LogP contribution in [0.4, 0.5) is 0 Å². The fourth-order valence-corrected chi connectivity index (χ4v) is 3.58. The van der Waals surface area contributed by atoms with Gasteiger partial charge in [-0.2, -0.15) is 0 Å². The Morgan fingerprint density at radius 3 is 2.67 bits per heavy atom. The summed E-state index contributed by atoms with van der Waals surface area (Å²) in [5.41, 5.74) is 6.49. The van der Waals surface area contributed by atoms with Gasteiger partial charge in [0.15, 0.2) is 0 Å². The van der Waals surface area contributed by atoms with Crippen molar-refractivity contribution in [1.29, 1.82) is 0 Å². The molecule has 0 aromatic heterocycles. The second-order valence-electron chi connectivity index (χ2n) is 6.07. The van der Waals surface area contributed by atoms with Crippen molar-refractivity contribution in [3.63, 3.8) is 0 Å². The van der Waals surface area contributed by atoms with Gasteiger partial charge in [-0.3, -0.25) is 4.90 Å². The van der Waals surface area contributed by atoms with E-state index in [1.54, 1.807) is 7.11 Å². The van der Waals surface area contributed by atoms with Crippen LogP contribution >= 0.6 is 0 Å². The zero-order chi connectivity index (χ0) is 13.0. The zero-order valence-electron chi connectivity index (χ0n) is 11.9. The lowest BCUT2D eigenvalue weighted by Gasteiger charge is -2.36. The Hall–Kier alpha value is -0.160. The van der Waals surface area contributed by atoms with E-state index in [0.717, 1.165) is 26.4 Å². The van der Waals surface area contributed by atoms with Crippen LogP contribution < -0.4 is 5.73 Å². The molecular weight excluding hydrogens is 228 g/mol. The molecule has 0 saturated carbocycles. The average molecular weight is 256 g/mol. The molecule has 0 aliphatic carbocycles. The van der Waals surface area contributed by atoms with Crippen LogP contribution in [-0.4, -0.2) is 57.5 Å². The van der Waals surface area contributed by atoms with Crippen LogP contribution in [0.2, 0.25) is 0 Å². The van der Waals surface area contributed by atoms with Gasteiger partial charge in [-0.15, -0.1) is 0 Å². The van der Waals surface area contributed by atoms with E-state index >= 15 is 0 Å². The number of nitrogens with two attached hydrogens (primary N) is 1. The normalized spacial score (nSPS) is 27.5. The molecule has 0 bridgehead atoms. The van der Waals surface area contributed by atoms with Crippen molar-refractivity contribution < 1.29 is 9.47 Å². The molecule has 0 aromatic carbocycles. The van der Waals surface area contributed by atoms with E-state index in [0.29, 0.717) is 17.4 Å². The summed E-state index contributed by atoms with van der Waals surface area (Å²) in [6.45, 7) is 8.05. The Bertz CT molecular complexity index is 254. The fourth-order valence-electron chi connectivity index (χ4n) is 3.58. The van der Waals surface area contributed by atoms with Crippen LogP contribution in [-0.2, 0) is 9.47 Å². The monoisotopic (exact) mass is 256 g/mol. The smallest absolute Gasteiger partial charge is 0.0503 e. The zero-order valence-corrected chi connectivity index (χ0v) is 11.9. The van der Waals surface area contributed by atoms with Gasteiger partial charge < -0.3 is 15.2 Å². The number of hydrogen-bond acceptors (Lipinski definition) is 4. The van der Waals surface area contributed by atoms with E-state index in [1.807, 2.05) is 0 Å². The van der Waals surface area contributed by atoms with Gasteiger partial charge in [-0.25, -0.2) is 0 Å². The van der Waals surface area contributed by atoms with Crippen molar-refractivity contribution in [1.82, 2.24) is 4.90 Å². The summed E-state index contributed by atoms with van der Waals surface area (Å²) in [5.74, 6) is 0.509. The van der Waals surface area contributed by atoms with Crippen molar-refractivity contribution in [3.05, 3.63) is 0 Å². The van der Waals surface area contributed by atoms with Gasteiger partial charge in [-0.1, -0.05) is 6.92 Å². The summed E-state index contributed by atoms with van der Waals surface area (Å²) in [4.78, 5) is 2.59. The van der Waals surface area contributed by atoms with Crippen LogP contribution in [0.15, 0.2) is 0 Å². The molecular formula is C14H28N2O2. The Labute approximate surface area is 111 Å². The molecule has 2 aliphatic heterocycles. The SMILES string of the molecule is COCC(C)C(CN)N1CCC2(CCOCC2)C1.